The largest absolute Gasteiger partial charge is 0.322 e. The SMILES string of the molecule is CCC(C)(C)n1nnnc1[C@@H](c1cc2cc(C)cc(C)c2[nH]c1=O)[NH+]1CCCC1. The van der Waals surface area contributed by atoms with Crippen LogP contribution in [0.5, 0.6) is 0 Å². The van der Waals surface area contributed by atoms with Gasteiger partial charge in [0.2, 0.25) is 5.82 Å². The zero-order chi connectivity index (χ0) is 20.8. The molecule has 1 saturated heterocycles. The molecule has 7 nitrogen and oxygen atoms in total. The van der Waals surface area contributed by atoms with Crippen molar-refractivity contribution in [3.63, 3.8) is 0 Å². The number of hydrogen-bond acceptors (Lipinski definition) is 4. The second kappa shape index (κ2) is 7.37. The minimum atomic E-state index is -0.215. The summed E-state index contributed by atoms with van der Waals surface area (Å²) in [5.74, 6) is 0.781. The lowest BCUT2D eigenvalue weighted by Crippen LogP contribution is -3.10. The van der Waals surface area contributed by atoms with Crippen molar-refractivity contribution >= 4 is 10.9 Å². The van der Waals surface area contributed by atoms with Crippen molar-refractivity contribution in [1.29, 1.82) is 0 Å². The topological polar surface area (TPSA) is 80.9 Å². The van der Waals surface area contributed by atoms with Gasteiger partial charge in [0.15, 0.2) is 6.04 Å². The van der Waals surface area contributed by atoms with Gasteiger partial charge in [-0.25, -0.2) is 4.68 Å². The van der Waals surface area contributed by atoms with Gasteiger partial charge in [0.25, 0.3) is 5.56 Å². The molecule has 0 spiro atoms. The summed E-state index contributed by atoms with van der Waals surface area (Å²) in [6.45, 7) is 12.6. The molecule has 0 bridgehead atoms. The first-order valence-electron chi connectivity index (χ1n) is 10.6. The van der Waals surface area contributed by atoms with Crippen LogP contribution in [0.15, 0.2) is 23.0 Å². The van der Waals surface area contributed by atoms with E-state index in [-0.39, 0.29) is 17.1 Å². The van der Waals surface area contributed by atoms with Crippen LogP contribution in [0.4, 0.5) is 0 Å². The van der Waals surface area contributed by atoms with E-state index < -0.39 is 0 Å². The predicted molar refractivity (Wildman–Crippen MR) is 113 cm³/mol. The number of likely N-dealkylation sites (tertiary alicyclic amines) is 1. The highest BCUT2D eigenvalue weighted by atomic mass is 16.1. The Morgan fingerprint density at radius 1 is 1.21 bits per heavy atom. The molecule has 3 aromatic rings. The van der Waals surface area contributed by atoms with Crippen LogP contribution in [0, 0.1) is 13.8 Å². The van der Waals surface area contributed by atoms with E-state index in [1.165, 1.54) is 10.5 Å². The van der Waals surface area contributed by atoms with E-state index in [1.807, 2.05) is 11.6 Å². The number of aromatic nitrogens is 5. The van der Waals surface area contributed by atoms with Crippen LogP contribution in [-0.2, 0) is 5.54 Å². The Bertz CT molecular complexity index is 1090. The molecule has 7 heteroatoms. The molecular weight excluding hydrogens is 364 g/mol. The van der Waals surface area contributed by atoms with E-state index in [0.717, 1.165) is 60.2 Å². The highest BCUT2D eigenvalue weighted by molar-refractivity contribution is 5.83. The number of tetrazole rings is 1. The number of rotatable bonds is 5. The number of H-pyrrole nitrogens is 1. The molecule has 0 aliphatic carbocycles. The van der Waals surface area contributed by atoms with Gasteiger partial charge in [-0.05, 0) is 67.6 Å². The van der Waals surface area contributed by atoms with E-state index in [0.29, 0.717) is 0 Å². The van der Waals surface area contributed by atoms with Crippen molar-refractivity contribution < 1.29 is 4.90 Å². The molecule has 0 radical (unpaired) electrons. The standard InChI is InChI=1S/C22H30N6O/c1-6-22(4,5)28-20(24-25-26-28)19(27-9-7-8-10-27)17-13-16-12-14(2)11-15(3)18(16)23-21(17)29/h11-13,19H,6-10H2,1-5H3,(H,23,29)/p+1/t19-/m1/s1. The van der Waals surface area contributed by atoms with Crippen molar-refractivity contribution in [3.05, 3.63) is 51.1 Å². The van der Waals surface area contributed by atoms with Crippen molar-refractivity contribution in [3.8, 4) is 0 Å². The lowest BCUT2D eigenvalue weighted by molar-refractivity contribution is -0.914. The maximum atomic E-state index is 13.2. The first-order chi connectivity index (χ1) is 13.8. The number of pyridine rings is 1. The summed E-state index contributed by atoms with van der Waals surface area (Å²) in [5, 5.41) is 13.8. The summed E-state index contributed by atoms with van der Waals surface area (Å²) >= 11 is 0. The number of aromatic amines is 1. The van der Waals surface area contributed by atoms with Crippen LogP contribution in [0.25, 0.3) is 10.9 Å². The molecule has 29 heavy (non-hydrogen) atoms. The second-order valence-corrected chi connectivity index (χ2v) is 9.01. The zero-order valence-electron chi connectivity index (χ0n) is 18.0. The number of fused-ring (bicyclic) bond motifs is 1. The van der Waals surface area contributed by atoms with Gasteiger partial charge >= 0.3 is 0 Å². The molecule has 0 amide bonds. The molecule has 3 heterocycles. The van der Waals surface area contributed by atoms with Crippen LogP contribution < -0.4 is 10.5 Å². The maximum absolute atomic E-state index is 13.2. The maximum Gasteiger partial charge on any atom is 0.258 e. The number of benzene rings is 1. The molecule has 1 atom stereocenters. The molecule has 1 aliphatic heterocycles. The lowest BCUT2D eigenvalue weighted by atomic mass is 9.98. The Labute approximate surface area is 171 Å². The van der Waals surface area contributed by atoms with E-state index >= 15 is 0 Å². The van der Waals surface area contributed by atoms with Gasteiger partial charge in [-0.3, -0.25) is 4.79 Å². The molecule has 1 aliphatic rings. The summed E-state index contributed by atoms with van der Waals surface area (Å²) in [6, 6.07) is 6.12. The number of nitrogens with zero attached hydrogens (tertiary/aromatic N) is 4. The third kappa shape index (κ3) is 3.48. The van der Waals surface area contributed by atoms with E-state index in [4.69, 9.17) is 0 Å². The molecular formula is C22H31N6O+. The van der Waals surface area contributed by atoms with Gasteiger partial charge in [0.05, 0.1) is 29.7 Å². The first kappa shape index (κ1) is 19.8. The van der Waals surface area contributed by atoms with Crippen molar-refractivity contribution in [1.82, 2.24) is 25.2 Å². The van der Waals surface area contributed by atoms with Gasteiger partial charge in [0.1, 0.15) is 0 Å². The van der Waals surface area contributed by atoms with Gasteiger partial charge < -0.3 is 9.88 Å². The average Bonchev–Trinajstić information content (AvgIpc) is 3.36. The monoisotopic (exact) mass is 395 g/mol. The van der Waals surface area contributed by atoms with Crippen molar-refractivity contribution in [2.45, 2.75) is 65.5 Å². The van der Waals surface area contributed by atoms with Crippen molar-refractivity contribution in [2.24, 2.45) is 0 Å². The minimum absolute atomic E-state index is 0.0438. The first-order valence-corrected chi connectivity index (χ1v) is 10.6. The van der Waals surface area contributed by atoms with Gasteiger partial charge in [-0.1, -0.05) is 18.6 Å². The fraction of sp³-hybridized carbons (Fsp3) is 0.545. The van der Waals surface area contributed by atoms with E-state index in [1.54, 1.807) is 0 Å². The number of quaternary nitrogens is 1. The summed E-state index contributed by atoms with van der Waals surface area (Å²) in [7, 11) is 0. The highest BCUT2D eigenvalue weighted by Crippen LogP contribution is 2.26. The lowest BCUT2D eigenvalue weighted by Gasteiger charge is -2.29. The number of aryl methyl sites for hydroxylation is 2. The Morgan fingerprint density at radius 3 is 2.62 bits per heavy atom. The summed E-state index contributed by atoms with van der Waals surface area (Å²) in [5.41, 5.74) is 3.68. The van der Waals surface area contributed by atoms with Crippen LogP contribution >= 0.6 is 0 Å². The van der Waals surface area contributed by atoms with Crippen molar-refractivity contribution in [2.75, 3.05) is 13.1 Å². The Hall–Kier alpha value is -2.54. The molecule has 154 valence electrons. The fourth-order valence-electron chi connectivity index (χ4n) is 4.53. The molecule has 1 aromatic carbocycles. The quantitative estimate of drug-likeness (QED) is 0.693. The third-order valence-corrected chi connectivity index (χ3v) is 6.48. The number of hydrogen-bond donors (Lipinski definition) is 2. The zero-order valence-corrected chi connectivity index (χ0v) is 18.0. The molecule has 2 N–H and O–H groups in total. The van der Waals surface area contributed by atoms with Gasteiger partial charge in [-0.15, -0.1) is 5.10 Å². The third-order valence-electron chi connectivity index (χ3n) is 6.48. The van der Waals surface area contributed by atoms with Crippen LogP contribution in [0.2, 0.25) is 0 Å². The minimum Gasteiger partial charge on any atom is -0.322 e. The fourth-order valence-corrected chi connectivity index (χ4v) is 4.53. The predicted octanol–water partition coefficient (Wildman–Crippen LogP) is 2.04. The van der Waals surface area contributed by atoms with E-state index in [2.05, 4.69) is 66.4 Å². The Morgan fingerprint density at radius 2 is 1.93 bits per heavy atom. The van der Waals surface area contributed by atoms with E-state index in [9.17, 15) is 4.79 Å². The second-order valence-electron chi connectivity index (χ2n) is 9.01. The Kier molecular flexibility index (Phi) is 5.02. The molecule has 4 rings (SSSR count). The summed E-state index contributed by atoms with van der Waals surface area (Å²) < 4.78 is 1.92. The smallest absolute Gasteiger partial charge is 0.258 e. The molecule has 1 fully saturated rings. The normalized spacial score (nSPS) is 16.6. The summed E-state index contributed by atoms with van der Waals surface area (Å²) in [6.07, 6.45) is 3.22. The van der Waals surface area contributed by atoms with Crippen LogP contribution in [-0.4, -0.2) is 38.3 Å². The Balaban J connectivity index is 1.94. The van der Waals surface area contributed by atoms with Gasteiger partial charge in [0, 0.05) is 12.8 Å². The van der Waals surface area contributed by atoms with Crippen LogP contribution in [0.3, 0.4) is 0 Å². The van der Waals surface area contributed by atoms with Gasteiger partial charge in [-0.2, -0.15) is 0 Å². The average molecular weight is 396 g/mol. The molecule has 0 unspecified atom stereocenters. The van der Waals surface area contributed by atoms with Crippen LogP contribution in [0.1, 0.15) is 68.6 Å². The molecule has 0 saturated carbocycles. The number of nitrogens with one attached hydrogen (secondary N) is 2. The molecule has 2 aromatic heterocycles. The highest BCUT2D eigenvalue weighted by Gasteiger charge is 2.38. The summed E-state index contributed by atoms with van der Waals surface area (Å²) in [4.78, 5) is 17.8.